The number of hydrogen-bond donors (Lipinski definition) is 1. The first-order valence-electron chi connectivity index (χ1n) is 10.7. The van der Waals surface area contributed by atoms with Crippen molar-refractivity contribution in [2.24, 2.45) is 0 Å². The Bertz CT molecular complexity index is 1150. The Morgan fingerprint density at radius 1 is 1.09 bits per heavy atom. The summed E-state index contributed by atoms with van der Waals surface area (Å²) < 4.78 is 26.2. The van der Waals surface area contributed by atoms with Crippen LogP contribution in [0.15, 0.2) is 36.4 Å². The largest absolute Gasteiger partial charge is 0.348 e. The number of rotatable bonds is 7. The minimum absolute atomic E-state index is 0.116. The molecule has 0 radical (unpaired) electrons. The molecule has 2 aromatic carbocycles. The molecule has 1 aliphatic carbocycles. The molecule has 0 fully saturated rings. The summed E-state index contributed by atoms with van der Waals surface area (Å²) in [5, 5.41) is 14.1. The number of fused-ring (bicyclic) bond motifs is 1. The highest BCUT2D eigenvalue weighted by atomic mass is 32.2. The van der Waals surface area contributed by atoms with Gasteiger partial charge in [-0.3, -0.25) is 19.2 Å². The number of anilines is 1. The number of nitrogens with one attached hydrogen (secondary N) is 1. The molecule has 1 N–H and O–H groups in total. The van der Waals surface area contributed by atoms with E-state index in [-0.39, 0.29) is 17.4 Å². The predicted octanol–water partition coefficient (Wildman–Crippen LogP) is 3.81. The van der Waals surface area contributed by atoms with Crippen molar-refractivity contribution in [3.8, 4) is 0 Å². The molecule has 0 saturated carbocycles. The molecule has 8 nitrogen and oxygen atoms in total. The van der Waals surface area contributed by atoms with Gasteiger partial charge in [-0.2, -0.15) is 0 Å². The van der Waals surface area contributed by atoms with Gasteiger partial charge in [0.1, 0.15) is 6.04 Å². The standard InChI is InChI=1S/C23H29N3O5S/c1-15-9-12-21(26(28)29)14-22(15)25(32(4,30)31)17(3)23(27)24-16(2)19-11-10-18-7-5-6-8-20(18)13-19/h9-14,16-17H,5-8H2,1-4H3,(H,24,27)/t16-,17-/m0/s1. The van der Waals surface area contributed by atoms with E-state index in [1.54, 1.807) is 6.92 Å². The zero-order valence-electron chi connectivity index (χ0n) is 18.8. The molecule has 1 aliphatic rings. The Balaban J connectivity index is 1.86. The van der Waals surface area contributed by atoms with E-state index in [0.29, 0.717) is 5.56 Å². The molecule has 0 unspecified atom stereocenters. The van der Waals surface area contributed by atoms with Gasteiger partial charge in [0, 0.05) is 12.1 Å². The van der Waals surface area contributed by atoms with E-state index in [1.807, 2.05) is 13.0 Å². The average molecular weight is 460 g/mol. The number of nitrogens with zero attached hydrogens (tertiary/aromatic N) is 2. The summed E-state index contributed by atoms with van der Waals surface area (Å²) in [5.74, 6) is -0.480. The van der Waals surface area contributed by atoms with Crippen LogP contribution in [0.25, 0.3) is 0 Å². The highest BCUT2D eigenvalue weighted by Crippen LogP contribution is 2.30. The van der Waals surface area contributed by atoms with Crippen LogP contribution in [-0.4, -0.2) is 31.5 Å². The van der Waals surface area contributed by atoms with Crippen molar-refractivity contribution in [3.05, 3.63) is 68.8 Å². The third-order valence-electron chi connectivity index (χ3n) is 5.96. The quantitative estimate of drug-likeness (QED) is 0.500. The number of nitro benzene ring substituents is 1. The summed E-state index contributed by atoms with van der Waals surface area (Å²) >= 11 is 0. The van der Waals surface area contributed by atoms with Gasteiger partial charge < -0.3 is 5.32 Å². The maximum Gasteiger partial charge on any atom is 0.271 e. The minimum Gasteiger partial charge on any atom is -0.348 e. The molecule has 2 atom stereocenters. The van der Waals surface area contributed by atoms with E-state index >= 15 is 0 Å². The maximum absolute atomic E-state index is 13.1. The predicted molar refractivity (Wildman–Crippen MR) is 124 cm³/mol. The van der Waals surface area contributed by atoms with E-state index in [1.165, 1.54) is 42.7 Å². The molecule has 0 spiro atoms. The SMILES string of the molecule is Cc1ccc([N+](=O)[O-])cc1N([C@@H](C)C(=O)N[C@@H](C)c1ccc2c(c1)CCCC2)S(C)(=O)=O. The average Bonchev–Trinajstić information content (AvgIpc) is 2.73. The molecular formula is C23H29N3O5S. The summed E-state index contributed by atoms with van der Waals surface area (Å²) in [7, 11) is -3.89. The first kappa shape index (κ1) is 23.7. The van der Waals surface area contributed by atoms with Crippen molar-refractivity contribution < 1.29 is 18.1 Å². The first-order valence-corrected chi connectivity index (χ1v) is 12.5. The maximum atomic E-state index is 13.1. The fourth-order valence-corrected chi connectivity index (χ4v) is 5.39. The topological polar surface area (TPSA) is 110 Å². The van der Waals surface area contributed by atoms with Crippen molar-refractivity contribution in [2.75, 3.05) is 10.6 Å². The van der Waals surface area contributed by atoms with Gasteiger partial charge in [-0.15, -0.1) is 0 Å². The van der Waals surface area contributed by atoms with E-state index in [0.717, 1.165) is 35.4 Å². The molecular weight excluding hydrogens is 430 g/mol. The molecule has 0 aliphatic heterocycles. The fourth-order valence-electron chi connectivity index (χ4n) is 4.17. The summed E-state index contributed by atoms with van der Waals surface area (Å²) in [5.41, 5.74) is 4.00. The number of hydrogen-bond acceptors (Lipinski definition) is 5. The van der Waals surface area contributed by atoms with E-state index in [2.05, 4.69) is 17.4 Å². The number of aryl methyl sites for hydroxylation is 3. The molecule has 0 saturated heterocycles. The highest BCUT2D eigenvalue weighted by Gasteiger charge is 2.32. The zero-order valence-corrected chi connectivity index (χ0v) is 19.6. The van der Waals surface area contributed by atoms with Crippen LogP contribution in [0.4, 0.5) is 11.4 Å². The Morgan fingerprint density at radius 2 is 1.75 bits per heavy atom. The normalized spacial score (nSPS) is 15.4. The lowest BCUT2D eigenvalue weighted by Gasteiger charge is -2.30. The number of carbonyl (C=O) groups is 1. The summed E-state index contributed by atoms with van der Waals surface area (Å²) in [6.07, 6.45) is 5.42. The van der Waals surface area contributed by atoms with Gasteiger partial charge in [-0.25, -0.2) is 8.42 Å². The van der Waals surface area contributed by atoms with Gasteiger partial charge in [-0.05, 0) is 68.7 Å². The van der Waals surface area contributed by atoms with Crippen LogP contribution in [-0.2, 0) is 27.7 Å². The molecule has 172 valence electrons. The second-order valence-electron chi connectivity index (χ2n) is 8.43. The van der Waals surface area contributed by atoms with Crippen LogP contribution in [0.3, 0.4) is 0 Å². The van der Waals surface area contributed by atoms with Crippen molar-refractivity contribution in [1.82, 2.24) is 5.32 Å². The Morgan fingerprint density at radius 3 is 2.38 bits per heavy atom. The minimum atomic E-state index is -3.89. The van der Waals surface area contributed by atoms with Crippen LogP contribution in [0, 0.1) is 17.0 Å². The van der Waals surface area contributed by atoms with Crippen LogP contribution in [0.5, 0.6) is 0 Å². The van der Waals surface area contributed by atoms with Gasteiger partial charge >= 0.3 is 0 Å². The zero-order chi connectivity index (χ0) is 23.6. The van der Waals surface area contributed by atoms with Gasteiger partial charge in [0.25, 0.3) is 5.69 Å². The number of non-ortho nitro benzene ring substituents is 1. The highest BCUT2D eigenvalue weighted by molar-refractivity contribution is 7.92. The van der Waals surface area contributed by atoms with Crippen molar-refractivity contribution in [1.29, 1.82) is 0 Å². The Kier molecular flexibility index (Phi) is 6.88. The van der Waals surface area contributed by atoms with Crippen LogP contribution >= 0.6 is 0 Å². The van der Waals surface area contributed by atoms with Crippen molar-refractivity contribution in [2.45, 2.75) is 58.5 Å². The number of nitro groups is 1. The van der Waals surface area contributed by atoms with Crippen LogP contribution in [0.2, 0.25) is 0 Å². The lowest BCUT2D eigenvalue weighted by Crippen LogP contribution is -2.48. The van der Waals surface area contributed by atoms with E-state index in [4.69, 9.17) is 0 Å². The Hall–Kier alpha value is -2.94. The van der Waals surface area contributed by atoms with Crippen molar-refractivity contribution >= 4 is 27.3 Å². The molecule has 0 heterocycles. The third kappa shape index (κ3) is 5.09. The molecule has 1 amide bonds. The lowest BCUT2D eigenvalue weighted by atomic mass is 9.89. The van der Waals surface area contributed by atoms with Gasteiger partial charge in [0.15, 0.2) is 0 Å². The molecule has 9 heteroatoms. The monoisotopic (exact) mass is 459 g/mol. The van der Waals surface area contributed by atoms with Crippen LogP contribution in [0.1, 0.15) is 55.0 Å². The molecule has 2 aromatic rings. The van der Waals surface area contributed by atoms with E-state index in [9.17, 15) is 23.3 Å². The van der Waals surface area contributed by atoms with Crippen molar-refractivity contribution in [3.63, 3.8) is 0 Å². The number of sulfonamides is 1. The first-order chi connectivity index (χ1) is 15.0. The third-order valence-corrected chi connectivity index (χ3v) is 7.19. The smallest absolute Gasteiger partial charge is 0.271 e. The Labute approximate surface area is 188 Å². The second kappa shape index (κ2) is 9.28. The molecule has 0 aromatic heterocycles. The number of benzene rings is 2. The number of carbonyl (C=O) groups excluding carboxylic acids is 1. The summed E-state index contributed by atoms with van der Waals surface area (Å²) in [4.78, 5) is 23.7. The fraction of sp³-hybridized carbons (Fsp3) is 0.435. The molecule has 3 rings (SSSR count). The summed E-state index contributed by atoms with van der Waals surface area (Å²) in [6.45, 7) is 4.99. The molecule has 32 heavy (non-hydrogen) atoms. The van der Waals surface area contributed by atoms with Gasteiger partial charge in [-0.1, -0.05) is 24.3 Å². The van der Waals surface area contributed by atoms with Gasteiger partial charge in [0.2, 0.25) is 15.9 Å². The number of amides is 1. The lowest BCUT2D eigenvalue weighted by molar-refractivity contribution is -0.384. The van der Waals surface area contributed by atoms with E-state index < -0.39 is 26.9 Å². The van der Waals surface area contributed by atoms with Crippen LogP contribution < -0.4 is 9.62 Å². The van der Waals surface area contributed by atoms with Gasteiger partial charge in [0.05, 0.1) is 22.9 Å². The summed E-state index contributed by atoms with van der Waals surface area (Å²) in [6, 6.07) is 8.78. The second-order valence-corrected chi connectivity index (χ2v) is 10.3. The molecule has 0 bridgehead atoms.